The topological polar surface area (TPSA) is 76.4 Å². The van der Waals surface area contributed by atoms with Crippen molar-refractivity contribution in [3.05, 3.63) is 69.2 Å². The molecule has 0 spiro atoms. The summed E-state index contributed by atoms with van der Waals surface area (Å²) >= 11 is 11.7. The van der Waals surface area contributed by atoms with E-state index in [-0.39, 0.29) is 16.2 Å². The van der Waals surface area contributed by atoms with Gasteiger partial charge < -0.3 is 9.47 Å². The SMILES string of the molecule is COc1ccc(/C=C(\C#N)C(=O)OCC(=O)c2ccc(Cl)cc2Cl)cc1. The average molecular weight is 390 g/mol. The molecule has 0 aliphatic rings. The number of benzene rings is 2. The van der Waals surface area contributed by atoms with Crippen LogP contribution in [0.25, 0.3) is 6.08 Å². The largest absolute Gasteiger partial charge is 0.497 e. The lowest BCUT2D eigenvalue weighted by molar-refractivity contribution is -0.137. The molecule has 7 heteroatoms. The molecular weight excluding hydrogens is 377 g/mol. The minimum Gasteiger partial charge on any atom is -0.497 e. The van der Waals surface area contributed by atoms with Crippen LogP contribution in [0, 0.1) is 11.3 Å². The van der Waals surface area contributed by atoms with Gasteiger partial charge >= 0.3 is 5.97 Å². The van der Waals surface area contributed by atoms with E-state index in [9.17, 15) is 9.59 Å². The van der Waals surface area contributed by atoms with Gasteiger partial charge in [0.25, 0.3) is 0 Å². The van der Waals surface area contributed by atoms with Crippen LogP contribution in [0.1, 0.15) is 15.9 Å². The zero-order valence-electron chi connectivity index (χ0n) is 13.7. The van der Waals surface area contributed by atoms with Crippen LogP contribution in [0.4, 0.5) is 0 Å². The molecule has 0 bridgehead atoms. The Morgan fingerprint density at radius 3 is 2.42 bits per heavy atom. The van der Waals surface area contributed by atoms with Crippen molar-refractivity contribution in [3.63, 3.8) is 0 Å². The molecular formula is C19H13Cl2NO4. The number of nitriles is 1. The summed E-state index contributed by atoms with van der Waals surface area (Å²) in [6, 6.07) is 12.9. The average Bonchev–Trinajstić information content (AvgIpc) is 2.64. The number of ether oxygens (including phenoxy) is 2. The molecule has 0 aliphatic heterocycles. The highest BCUT2D eigenvalue weighted by atomic mass is 35.5. The minimum atomic E-state index is -0.901. The Morgan fingerprint density at radius 2 is 1.85 bits per heavy atom. The number of carbonyl (C=O) groups is 2. The molecule has 0 fully saturated rings. The van der Waals surface area contributed by atoms with Crippen LogP contribution in [-0.2, 0) is 9.53 Å². The molecule has 0 amide bonds. The van der Waals surface area contributed by atoms with Crippen molar-refractivity contribution in [1.29, 1.82) is 5.26 Å². The number of carbonyl (C=O) groups excluding carboxylic acids is 2. The molecule has 2 aromatic rings. The number of halogens is 2. The zero-order chi connectivity index (χ0) is 19.1. The van der Waals surface area contributed by atoms with Gasteiger partial charge in [-0.05, 0) is 42.0 Å². The molecule has 26 heavy (non-hydrogen) atoms. The van der Waals surface area contributed by atoms with Crippen LogP contribution in [0.5, 0.6) is 5.75 Å². The lowest BCUT2D eigenvalue weighted by Crippen LogP contribution is -2.15. The van der Waals surface area contributed by atoms with Gasteiger partial charge in [-0.2, -0.15) is 5.26 Å². The Hall–Kier alpha value is -2.81. The molecule has 2 aromatic carbocycles. The normalized spacial score (nSPS) is 10.8. The van der Waals surface area contributed by atoms with Gasteiger partial charge in [0.1, 0.15) is 17.4 Å². The monoisotopic (exact) mass is 389 g/mol. The van der Waals surface area contributed by atoms with E-state index in [1.54, 1.807) is 30.3 Å². The second-order valence-corrected chi connectivity index (χ2v) is 5.91. The summed E-state index contributed by atoms with van der Waals surface area (Å²) in [7, 11) is 1.53. The highest BCUT2D eigenvalue weighted by Gasteiger charge is 2.16. The lowest BCUT2D eigenvalue weighted by atomic mass is 10.1. The van der Waals surface area contributed by atoms with E-state index < -0.39 is 18.4 Å². The summed E-state index contributed by atoms with van der Waals surface area (Å²) in [5.74, 6) is -0.753. The third-order valence-corrected chi connectivity index (χ3v) is 3.88. The van der Waals surface area contributed by atoms with E-state index in [2.05, 4.69) is 0 Å². The molecule has 0 N–H and O–H groups in total. The van der Waals surface area contributed by atoms with Crippen molar-refractivity contribution < 1.29 is 19.1 Å². The van der Waals surface area contributed by atoms with Crippen molar-refractivity contribution in [1.82, 2.24) is 0 Å². The van der Waals surface area contributed by atoms with E-state index >= 15 is 0 Å². The van der Waals surface area contributed by atoms with E-state index in [0.29, 0.717) is 16.3 Å². The number of rotatable bonds is 6. The summed E-state index contributed by atoms with van der Waals surface area (Å²) in [5, 5.41) is 9.70. The zero-order valence-corrected chi connectivity index (χ0v) is 15.2. The number of ketones is 1. The summed E-state index contributed by atoms with van der Waals surface area (Å²) in [6.07, 6.45) is 1.36. The lowest BCUT2D eigenvalue weighted by Gasteiger charge is -2.06. The minimum absolute atomic E-state index is 0.160. The molecule has 0 saturated carbocycles. The van der Waals surface area contributed by atoms with Crippen molar-refractivity contribution in [2.45, 2.75) is 0 Å². The fourth-order valence-electron chi connectivity index (χ4n) is 2.01. The Balaban J connectivity index is 2.05. The molecule has 5 nitrogen and oxygen atoms in total. The molecule has 0 aromatic heterocycles. The Kier molecular flexibility index (Phi) is 6.79. The first-order chi connectivity index (χ1) is 12.4. The van der Waals surface area contributed by atoms with Crippen LogP contribution in [0.3, 0.4) is 0 Å². The van der Waals surface area contributed by atoms with Crippen LogP contribution in [0.15, 0.2) is 48.0 Å². The second kappa shape index (κ2) is 9.04. The summed E-state index contributed by atoms with van der Waals surface area (Å²) in [5.41, 5.74) is 0.568. The molecule has 0 saturated heterocycles. The summed E-state index contributed by atoms with van der Waals surface area (Å²) in [6.45, 7) is -0.540. The van der Waals surface area contributed by atoms with Gasteiger partial charge in [0.2, 0.25) is 5.78 Å². The van der Waals surface area contributed by atoms with E-state index in [0.717, 1.165) is 0 Å². The predicted molar refractivity (Wildman–Crippen MR) is 98.3 cm³/mol. The third-order valence-electron chi connectivity index (χ3n) is 3.33. The molecule has 0 heterocycles. The molecule has 132 valence electrons. The number of nitrogens with zero attached hydrogens (tertiary/aromatic N) is 1. The molecule has 0 aliphatic carbocycles. The highest BCUT2D eigenvalue weighted by molar-refractivity contribution is 6.36. The van der Waals surface area contributed by atoms with Crippen molar-refractivity contribution >= 4 is 41.0 Å². The number of methoxy groups -OCH3 is 1. The Morgan fingerprint density at radius 1 is 1.15 bits per heavy atom. The highest BCUT2D eigenvalue weighted by Crippen LogP contribution is 2.21. The molecule has 0 unspecified atom stereocenters. The van der Waals surface area contributed by atoms with Crippen molar-refractivity contribution in [2.75, 3.05) is 13.7 Å². The smallest absolute Gasteiger partial charge is 0.349 e. The molecule has 0 atom stereocenters. The molecule has 0 radical (unpaired) electrons. The third kappa shape index (κ3) is 5.09. The number of esters is 1. The quantitative estimate of drug-likeness (QED) is 0.318. The maximum atomic E-state index is 12.1. The number of hydrogen-bond donors (Lipinski definition) is 0. The summed E-state index contributed by atoms with van der Waals surface area (Å²) < 4.78 is 9.96. The van der Waals surface area contributed by atoms with Crippen LogP contribution in [-0.4, -0.2) is 25.5 Å². The summed E-state index contributed by atoms with van der Waals surface area (Å²) in [4.78, 5) is 24.1. The van der Waals surface area contributed by atoms with E-state index in [4.69, 9.17) is 37.9 Å². The van der Waals surface area contributed by atoms with Gasteiger partial charge in [0.15, 0.2) is 6.61 Å². The van der Waals surface area contributed by atoms with Crippen molar-refractivity contribution in [2.24, 2.45) is 0 Å². The second-order valence-electron chi connectivity index (χ2n) is 5.07. The fraction of sp³-hybridized carbons (Fsp3) is 0.105. The van der Waals surface area contributed by atoms with Crippen LogP contribution < -0.4 is 4.74 Å². The van der Waals surface area contributed by atoms with Gasteiger partial charge in [-0.1, -0.05) is 35.3 Å². The Labute approximate surface area is 160 Å². The maximum absolute atomic E-state index is 12.1. The number of hydrogen-bond acceptors (Lipinski definition) is 5. The van der Waals surface area contributed by atoms with Crippen LogP contribution in [0.2, 0.25) is 10.0 Å². The van der Waals surface area contributed by atoms with Gasteiger partial charge in [0, 0.05) is 10.6 Å². The number of Topliss-reactive ketones (excluding diaryl/α,β-unsaturated/α-hetero) is 1. The van der Waals surface area contributed by atoms with E-state index in [1.165, 1.54) is 31.4 Å². The van der Waals surface area contributed by atoms with Crippen molar-refractivity contribution in [3.8, 4) is 11.8 Å². The van der Waals surface area contributed by atoms with Gasteiger partial charge in [-0.25, -0.2) is 4.79 Å². The molecule has 2 rings (SSSR count). The standard InChI is InChI=1S/C19H13Cl2NO4/c1-25-15-5-2-12(3-6-15)8-13(10-22)19(24)26-11-18(23)16-7-4-14(20)9-17(16)21/h2-9H,11H2,1H3/b13-8+. The van der Waals surface area contributed by atoms with Gasteiger partial charge in [-0.3, -0.25) is 4.79 Å². The fourth-order valence-corrected chi connectivity index (χ4v) is 2.52. The van der Waals surface area contributed by atoms with Gasteiger partial charge in [0.05, 0.1) is 12.1 Å². The maximum Gasteiger partial charge on any atom is 0.349 e. The first-order valence-electron chi connectivity index (χ1n) is 7.36. The van der Waals surface area contributed by atoms with Crippen LogP contribution >= 0.6 is 23.2 Å². The predicted octanol–water partition coefficient (Wildman–Crippen LogP) is 4.34. The van der Waals surface area contributed by atoms with E-state index in [1.807, 2.05) is 0 Å². The first kappa shape index (κ1) is 19.5. The first-order valence-corrected chi connectivity index (χ1v) is 8.11. The Bertz CT molecular complexity index is 899. The van der Waals surface area contributed by atoms with Gasteiger partial charge in [-0.15, -0.1) is 0 Å².